The lowest BCUT2D eigenvalue weighted by molar-refractivity contribution is 0.0428. The van der Waals surface area contributed by atoms with Gasteiger partial charge >= 0.3 is 0 Å². The Labute approximate surface area is 155 Å². The van der Waals surface area contributed by atoms with Crippen LogP contribution in [0.2, 0.25) is 10.0 Å². The Morgan fingerprint density at radius 1 is 1.16 bits per heavy atom. The number of benzene rings is 2. The van der Waals surface area contributed by atoms with Gasteiger partial charge in [-0.1, -0.05) is 35.3 Å². The van der Waals surface area contributed by atoms with Crippen LogP contribution in [0, 0.1) is 0 Å². The number of nitrogens with zero attached hydrogens (tertiary/aromatic N) is 1. The van der Waals surface area contributed by atoms with Gasteiger partial charge in [0, 0.05) is 18.0 Å². The standard InChI is InChI=1S/C19H15Cl2NO3/c20-12-5-6-13(15(21)9-12)18(24)22-8-7-19(11-22)10-16(23)14-3-1-2-4-17(14)25-19/h1-6,9H,7-8,10-11H2. The summed E-state index contributed by atoms with van der Waals surface area (Å²) in [5, 5.41) is 0.807. The fraction of sp³-hybridized carbons (Fsp3) is 0.263. The van der Waals surface area contributed by atoms with E-state index in [0.717, 1.165) is 0 Å². The molecular weight excluding hydrogens is 361 g/mol. The van der Waals surface area contributed by atoms with Gasteiger partial charge in [0.05, 0.1) is 29.1 Å². The lowest BCUT2D eigenvalue weighted by atomic mass is 9.89. The predicted molar refractivity (Wildman–Crippen MR) is 95.7 cm³/mol. The third-order valence-electron chi connectivity index (χ3n) is 4.76. The number of likely N-dealkylation sites (tertiary alicyclic amines) is 1. The Balaban J connectivity index is 1.57. The first-order valence-corrected chi connectivity index (χ1v) is 8.79. The molecule has 4 nitrogen and oxygen atoms in total. The average Bonchev–Trinajstić information content (AvgIpc) is 2.97. The molecular formula is C19H15Cl2NO3. The average molecular weight is 376 g/mol. The van der Waals surface area contributed by atoms with E-state index in [1.54, 1.807) is 35.2 Å². The van der Waals surface area contributed by atoms with Crippen LogP contribution >= 0.6 is 23.2 Å². The van der Waals surface area contributed by atoms with E-state index in [9.17, 15) is 9.59 Å². The Hall–Kier alpha value is -2.04. The van der Waals surface area contributed by atoms with Gasteiger partial charge in [-0.15, -0.1) is 0 Å². The summed E-state index contributed by atoms with van der Waals surface area (Å²) in [6.07, 6.45) is 0.895. The second-order valence-corrected chi connectivity index (χ2v) is 7.33. The third kappa shape index (κ3) is 2.90. The van der Waals surface area contributed by atoms with Gasteiger partial charge in [-0.25, -0.2) is 0 Å². The Morgan fingerprint density at radius 2 is 1.96 bits per heavy atom. The molecule has 2 heterocycles. The lowest BCUT2D eigenvalue weighted by Gasteiger charge is -2.34. The predicted octanol–water partition coefficient (Wildman–Crippen LogP) is 4.24. The number of amides is 1. The molecule has 4 rings (SSSR count). The number of hydrogen-bond acceptors (Lipinski definition) is 3. The van der Waals surface area contributed by atoms with Gasteiger partial charge in [-0.2, -0.15) is 0 Å². The third-order valence-corrected chi connectivity index (χ3v) is 5.31. The van der Waals surface area contributed by atoms with Gasteiger partial charge < -0.3 is 9.64 Å². The van der Waals surface area contributed by atoms with E-state index in [-0.39, 0.29) is 18.1 Å². The second kappa shape index (κ2) is 6.04. The molecule has 0 saturated carbocycles. The van der Waals surface area contributed by atoms with Crippen LogP contribution < -0.4 is 4.74 Å². The minimum atomic E-state index is -0.653. The van der Waals surface area contributed by atoms with Crippen LogP contribution in [0.4, 0.5) is 0 Å². The van der Waals surface area contributed by atoms with E-state index in [1.165, 1.54) is 0 Å². The van der Waals surface area contributed by atoms with Crippen LogP contribution in [0.3, 0.4) is 0 Å². The topological polar surface area (TPSA) is 46.6 Å². The van der Waals surface area contributed by atoms with Crippen molar-refractivity contribution >= 4 is 34.9 Å². The highest BCUT2D eigenvalue weighted by Crippen LogP contribution is 2.39. The molecule has 2 aliphatic rings. The summed E-state index contributed by atoms with van der Waals surface area (Å²) < 4.78 is 6.15. The summed E-state index contributed by atoms with van der Waals surface area (Å²) >= 11 is 12.0. The minimum absolute atomic E-state index is 0.0562. The maximum Gasteiger partial charge on any atom is 0.255 e. The molecule has 0 radical (unpaired) electrons. The fourth-order valence-corrected chi connectivity index (χ4v) is 4.01. The van der Waals surface area contributed by atoms with Crippen molar-refractivity contribution in [1.82, 2.24) is 4.90 Å². The molecule has 0 aliphatic carbocycles. The van der Waals surface area contributed by atoms with Gasteiger partial charge in [0.1, 0.15) is 11.4 Å². The van der Waals surface area contributed by atoms with Crippen LogP contribution in [-0.4, -0.2) is 35.3 Å². The van der Waals surface area contributed by atoms with Gasteiger partial charge in [0.2, 0.25) is 0 Å². The summed E-state index contributed by atoms with van der Waals surface area (Å²) in [5.74, 6) is 0.478. The van der Waals surface area contributed by atoms with Crippen LogP contribution in [0.25, 0.3) is 0 Å². The number of halogens is 2. The molecule has 1 fully saturated rings. The first-order valence-electron chi connectivity index (χ1n) is 8.03. The molecule has 2 aromatic carbocycles. The zero-order valence-corrected chi connectivity index (χ0v) is 14.8. The molecule has 1 unspecified atom stereocenters. The van der Waals surface area contributed by atoms with Crippen molar-refractivity contribution in [2.45, 2.75) is 18.4 Å². The number of carbonyl (C=O) groups is 2. The number of fused-ring (bicyclic) bond motifs is 1. The molecule has 128 valence electrons. The van der Waals surface area contributed by atoms with Crippen LogP contribution in [0.15, 0.2) is 42.5 Å². The zero-order valence-electron chi connectivity index (χ0n) is 13.3. The van der Waals surface area contributed by atoms with Crippen molar-refractivity contribution in [2.75, 3.05) is 13.1 Å². The van der Waals surface area contributed by atoms with E-state index in [1.807, 2.05) is 12.1 Å². The number of ketones is 1. The van der Waals surface area contributed by atoms with Crippen molar-refractivity contribution in [3.05, 3.63) is 63.6 Å². The van der Waals surface area contributed by atoms with E-state index in [0.29, 0.717) is 46.4 Å². The quantitative estimate of drug-likeness (QED) is 0.748. The Morgan fingerprint density at radius 3 is 2.76 bits per heavy atom. The van der Waals surface area contributed by atoms with Crippen molar-refractivity contribution in [3.63, 3.8) is 0 Å². The van der Waals surface area contributed by atoms with Crippen molar-refractivity contribution < 1.29 is 14.3 Å². The molecule has 1 amide bonds. The number of rotatable bonds is 1. The summed E-state index contributed by atoms with van der Waals surface area (Å²) in [6.45, 7) is 0.887. The first-order chi connectivity index (χ1) is 12.0. The number of ether oxygens (including phenoxy) is 1. The minimum Gasteiger partial charge on any atom is -0.484 e. The molecule has 1 spiro atoms. The van der Waals surface area contributed by atoms with Crippen molar-refractivity contribution in [2.24, 2.45) is 0 Å². The van der Waals surface area contributed by atoms with Crippen LogP contribution in [-0.2, 0) is 0 Å². The highest BCUT2D eigenvalue weighted by Gasteiger charge is 2.47. The summed E-state index contributed by atoms with van der Waals surface area (Å²) in [6, 6.07) is 12.1. The van der Waals surface area contributed by atoms with Gasteiger partial charge in [0.25, 0.3) is 5.91 Å². The van der Waals surface area contributed by atoms with E-state index < -0.39 is 5.60 Å². The number of Topliss-reactive ketones (excluding diaryl/α,β-unsaturated/α-hetero) is 1. The lowest BCUT2D eigenvalue weighted by Crippen LogP contribution is -2.45. The number of hydrogen-bond donors (Lipinski definition) is 0. The Bertz CT molecular complexity index is 883. The first kappa shape index (κ1) is 16.4. The Kier molecular flexibility index (Phi) is 3.97. The smallest absolute Gasteiger partial charge is 0.255 e. The zero-order chi connectivity index (χ0) is 17.6. The molecule has 1 saturated heterocycles. The van der Waals surface area contributed by atoms with E-state index in [2.05, 4.69) is 0 Å². The van der Waals surface area contributed by atoms with Crippen LogP contribution in [0.5, 0.6) is 5.75 Å². The molecule has 6 heteroatoms. The van der Waals surface area contributed by atoms with Gasteiger partial charge in [0.15, 0.2) is 5.78 Å². The van der Waals surface area contributed by atoms with Gasteiger partial charge in [-0.05, 0) is 30.3 Å². The van der Waals surface area contributed by atoms with Crippen LogP contribution in [0.1, 0.15) is 33.6 Å². The normalized spacial score (nSPS) is 22.0. The van der Waals surface area contributed by atoms with E-state index in [4.69, 9.17) is 27.9 Å². The molecule has 25 heavy (non-hydrogen) atoms. The summed E-state index contributed by atoms with van der Waals surface area (Å²) in [5.41, 5.74) is 0.365. The molecule has 0 N–H and O–H groups in total. The number of carbonyl (C=O) groups excluding carboxylic acids is 2. The maximum atomic E-state index is 12.8. The monoisotopic (exact) mass is 375 g/mol. The molecule has 2 aromatic rings. The second-order valence-electron chi connectivity index (χ2n) is 6.48. The van der Waals surface area contributed by atoms with Gasteiger partial charge in [-0.3, -0.25) is 9.59 Å². The highest BCUT2D eigenvalue weighted by molar-refractivity contribution is 6.36. The summed E-state index contributed by atoms with van der Waals surface area (Å²) in [4.78, 5) is 26.9. The fourth-order valence-electron chi connectivity index (χ4n) is 3.52. The summed E-state index contributed by atoms with van der Waals surface area (Å²) in [7, 11) is 0. The number of para-hydroxylation sites is 1. The highest BCUT2D eigenvalue weighted by atomic mass is 35.5. The van der Waals surface area contributed by atoms with Crippen molar-refractivity contribution in [3.8, 4) is 5.75 Å². The van der Waals surface area contributed by atoms with E-state index >= 15 is 0 Å². The maximum absolute atomic E-state index is 12.8. The molecule has 2 aliphatic heterocycles. The van der Waals surface area contributed by atoms with Crippen molar-refractivity contribution in [1.29, 1.82) is 0 Å². The molecule has 1 atom stereocenters. The molecule has 0 aromatic heterocycles. The SMILES string of the molecule is O=C1CC2(CCN(C(=O)c3ccc(Cl)cc3Cl)C2)Oc2ccccc21. The largest absolute Gasteiger partial charge is 0.484 e. The molecule has 0 bridgehead atoms.